The second kappa shape index (κ2) is 13.0. The van der Waals surface area contributed by atoms with Gasteiger partial charge in [-0.1, -0.05) is 31.0 Å². The Bertz CT molecular complexity index is 568. The molecule has 0 saturated heterocycles. The smallest absolute Gasteiger partial charge is 0.241 e. The summed E-state index contributed by atoms with van der Waals surface area (Å²) in [5.41, 5.74) is 0.969. The number of unbranched alkanes of at least 4 members (excludes halogenated alkanes) is 1. The molecule has 0 unspecified atom stereocenters. The predicted molar refractivity (Wildman–Crippen MR) is 114 cm³/mol. The first-order chi connectivity index (χ1) is 11.5. The van der Waals surface area contributed by atoms with Crippen molar-refractivity contribution in [2.45, 2.75) is 26.3 Å². The molecule has 1 aromatic rings. The summed E-state index contributed by atoms with van der Waals surface area (Å²) in [5, 5.41) is 6.85. The van der Waals surface area contributed by atoms with E-state index in [9.17, 15) is 4.79 Å². The molecule has 0 radical (unpaired) electrons. The van der Waals surface area contributed by atoms with Gasteiger partial charge in [-0.15, -0.1) is 24.0 Å². The summed E-state index contributed by atoms with van der Waals surface area (Å²) in [5.74, 6) is 1.25. The van der Waals surface area contributed by atoms with Gasteiger partial charge in [0.05, 0.1) is 25.2 Å². The van der Waals surface area contributed by atoms with Crippen LogP contribution in [0.4, 0.5) is 0 Å². The van der Waals surface area contributed by atoms with E-state index in [2.05, 4.69) is 22.5 Å². The SMILES string of the molecule is CCCCNC(=NCc1ccc(OC)c(Cl)c1)NCC(=O)N(C)C.I. The van der Waals surface area contributed by atoms with E-state index in [-0.39, 0.29) is 36.4 Å². The van der Waals surface area contributed by atoms with Gasteiger partial charge in [0.15, 0.2) is 5.96 Å². The molecule has 2 N–H and O–H groups in total. The summed E-state index contributed by atoms with van der Waals surface area (Å²) in [7, 11) is 5.04. The minimum atomic E-state index is -0.00696. The third-order valence-electron chi connectivity index (χ3n) is 3.36. The summed E-state index contributed by atoms with van der Waals surface area (Å²) in [6.45, 7) is 3.60. The largest absolute Gasteiger partial charge is 0.495 e. The minimum Gasteiger partial charge on any atom is -0.495 e. The first-order valence-electron chi connectivity index (χ1n) is 8.02. The van der Waals surface area contributed by atoms with Gasteiger partial charge in [-0.25, -0.2) is 4.99 Å². The average molecular weight is 483 g/mol. The molecule has 0 spiro atoms. The Balaban J connectivity index is 0.00000576. The number of methoxy groups -OCH3 is 1. The summed E-state index contributed by atoms with van der Waals surface area (Å²) < 4.78 is 5.14. The lowest BCUT2D eigenvalue weighted by Gasteiger charge is -2.15. The van der Waals surface area contributed by atoms with Crippen LogP contribution in [0.1, 0.15) is 25.3 Å². The van der Waals surface area contributed by atoms with Crippen LogP contribution in [0.5, 0.6) is 5.75 Å². The van der Waals surface area contributed by atoms with Crippen LogP contribution in [0.25, 0.3) is 0 Å². The van der Waals surface area contributed by atoms with Crippen LogP contribution in [0.15, 0.2) is 23.2 Å². The molecule has 1 rings (SSSR count). The second-order valence-corrected chi connectivity index (χ2v) is 5.96. The topological polar surface area (TPSA) is 66.0 Å². The molecule has 0 atom stereocenters. The molecule has 1 amide bonds. The standard InChI is InChI=1S/C17H27ClN4O2.HI/c1-5-6-9-19-17(21-12-16(23)22(2)3)20-11-13-7-8-15(24-4)14(18)10-13;/h7-8,10H,5-6,9,11-12H2,1-4H3,(H2,19,20,21);1H. The lowest BCUT2D eigenvalue weighted by molar-refractivity contribution is -0.127. The van der Waals surface area contributed by atoms with Gasteiger partial charge in [0.25, 0.3) is 0 Å². The van der Waals surface area contributed by atoms with Crippen molar-refractivity contribution in [3.05, 3.63) is 28.8 Å². The molecule has 142 valence electrons. The molecule has 6 nitrogen and oxygen atoms in total. The van der Waals surface area contributed by atoms with Crippen LogP contribution in [0.3, 0.4) is 0 Å². The number of carbonyl (C=O) groups excluding carboxylic acids is 1. The summed E-state index contributed by atoms with van der Waals surface area (Å²) in [6.07, 6.45) is 2.13. The van der Waals surface area contributed by atoms with Crippen molar-refractivity contribution in [3.63, 3.8) is 0 Å². The fourth-order valence-electron chi connectivity index (χ4n) is 1.85. The number of ether oxygens (including phenoxy) is 1. The molecule has 25 heavy (non-hydrogen) atoms. The van der Waals surface area contributed by atoms with Crippen molar-refractivity contribution in [2.75, 3.05) is 34.3 Å². The van der Waals surface area contributed by atoms with Crippen LogP contribution < -0.4 is 15.4 Å². The highest BCUT2D eigenvalue weighted by Crippen LogP contribution is 2.25. The van der Waals surface area contributed by atoms with E-state index in [4.69, 9.17) is 16.3 Å². The number of nitrogens with one attached hydrogen (secondary N) is 2. The van der Waals surface area contributed by atoms with Gasteiger partial charge in [0, 0.05) is 20.6 Å². The highest BCUT2D eigenvalue weighted by molar-refractivity contribution is 14.0. The Morgan fingerprint density at radius 3 is 2.60 bits per heavy atom. The fourth-order valence-corrected chi connectivity index (χ4v) is 2.13. The number of rotatable bonds is 8. The van der Waals surface area contributed by atoms with Crippen molar-refractivity contribution in [2.24, 2.45) is 4.99 Å². The molecule has 0 aliphatic rings. The monoisotopic (exact) mass is 482 g/mol. The number of hydrogen-bond donors (Lipinski definition) is 2. The van der Waals surface area contributed by atoms with Gasteiger partial charge < -0.3 is 20.3 Å². The number of amides is 1. The van der Waals surface area contributed by atoms with Crippen LogP contribution in [0.2, 0.25) is 5.02 Å². The first kappa shape index (κ1) is 23.8. The van der Waals surface area contributed by atoms with Crippen molar-refractivity contribution in [1.29, 1.82) is 0 Å². The van der Waals surface area contributed by atoms with Crippen molar-refractivity contribution < 1.29 is 9.53 Å². The van der Waals surface area contributed by atoms with E-state index in [1.54, 1.807) is 26.1 Å². The van der Waals surface area contributed by atoms with Crippen LogP contribution >= 0.6 is 35.6 Å². The van der Waals surface area contributed by atoms with E-state index in [0.29, 0.717) is 23.3 Å². The maximum absolute atomic E-state index is 11.7. The Kier molecular flexibility index (Phi) is 12.4. The molecule has 0 aliphatic heterocycles. The van der Waals surface area contributed by atoms with Crippen LogP contribution in [-0.4, -0.2) is 51.1 Å². The predicted octanol–water partition coefficient (Wildman–Crippen LogP) is 2.89. The third-order valence-corrected chi connectivity index (χ3v) is 3.66. The molecule has 1 aromatic carbocycles. The van der Waals surface area contributed by atoms with E-state index in [1.807, 2.05) is 18.2 Å². The zero-order valence-corrected chi connectivity index (χ0v) is 18.4. The van der Waals surface area contributed by atoms with E-state index in [1.165, 1.54) is 0 Å². The third kappa shape index (κ3) is 9.15. The zero-order valence-electron chi connectivity index (χ0n) is 15.3. The molecule has 0 heterocycles. The Hall–Kier alpha value is -1.22. The van der Waals surface area contributed by atoms with Gasteiger partial charge in [-0.3, -0.25) is 4.79 Å². The van der Waals surface area contributed by atoms with Gasteiger partial charge in [0.2, 0.25) is 5.91 Å². The number of nitrogens with zero attached hydrogens (tertiary/aromatic N) is 2. The molecule has 0 aromatic heterocycles. The summed E-state index contributed by atoms with van der Waals surface area (Å²) >= 11 is 6.13. The lowest BCUT2D eigenvalue weighted by Crippen LogP contribution is -2.43. The molecule has 0 saturated carbocycles. The Morgan fingerprint density at radius 2 is 2.04 bits per heavy atom. The molecule has 8 heteroatoms. The zero-order chi connectivity index (χ0) is 17.9. The number of guanidine groups is 1. The summed E-state index contributed by atoms with van der Waals surface area (Å²) in [6, 6.07) is 5.57. The van der Waals surface area contributed by atoms with Gasteiger partial charge in [-0.2, -0.15) is 0 Å². The molecule has 0 aliphatic carbocycles. The average Bonchev–Trinajstić information content (AvgIpc) is 2.56. The highest BCUT2D eigenvalue weighted by Gasteiger charge is 2.06. The van der Waals surface area contributed by atoms with Crippen LogP contribution in [-0.2, 0) is 11.3 Å². The summed E-state index contributed by atoms with van der Waals surface area (Å²) in [4.78, 5) is 17.8. The Labute approximate surface area is 172 Å². The number of carbonyl (C=O) groups is 1. The van der Waals surface area contributed by atoms with E-state index < -0.39 is 0 Å². The number of aliphatic imine (C=N–C) groups is 1. The number of benzene rings is 1. The maximum Gasteiger partial charge on any atom is 0.241 e. The van der Waals surface area contributed by atoms with Crippen molar-refractivity contribution >= 4 is 47.4 Å². The van der Waals surface area contributed by atoms with Gasteiger partial charge in [-0.05, 0) is 24.1 Å². The number of halogens is 2. The number of likely N-dealkylation sites (N-methyl/N-ethyl adjacent to an activating group) is 1. The second-order valence-electron chi connectivity index (χ2n) is 5.56. The molecule has 0 fully saturated rings. The lowest BCUT2D eigenvalue weighted by atomic mass is 10.2. The Morgan fingerprint density at radius 1 is 1.32 bits per heavy atom. The van der Waals surface area contributed by atoms with Crippen molar-refractivity contribution in [3.8, 4) is 5.75 Å². The fraction of sp³-hybridized carbons (Fsp3) is 0.529. The van der Waals surface area contributed by atoms with Gasteiger partial charge in [0.1, 0.15) is 5.75 Å². The maximum atomic E-state index is 11.7. The van der Waals surface area contributed by atoms with Gasteiger partial charge >= 0.3 is 0 Å². The van der Waals surface area contributed by atoms with E-state index in [0.717, 1.165) is 24.9 Å². The van der Waals surface area contributed by atoms with Crippen molar-refractivity contribution in [1.82, 2.24) is 15.5 Å². The van der Waals surface area contributed by atoms with Crippen LogP contribution in [0, 0.1) is 0 Å². The minimum absolute atomic E-state index is 0. The highest BCUT2D eigenvalue weighted by atomic mass is 127. The molecular weight excluding hydrogens is 455 g/mol. The molecular formula is C17H28ClIN4O2. The van der Waals surface area contributed by atoms with E-state index >= 15 is 0 Å². The normalized spacial score (nSPS) is 10.7. The quantitative estimate of drug-likeness (QED) is 0.259. The first-order valence-corrected chi connectivity index (χ1v) is 8.40. The number of hydrogen-bond acceptors (Lipinski definition) is 3. The molecule has 0 bridgehead atoms.